The van der Waals surface area contributed by atoms with Crippen LogP contribution in [-0.2, 0) is 21.2 Å². The van der Waals surface area contributed by atoms with Crippen LogP contribution in [-0.4, -0.2) is 20.2 Å². The molecule has 0 amide bonds. The molecule has 18 heavy (non-hydrogen) atoms. The van der Waals surface area contributed by atoms with Gasteiger partial charge in [-0.25, -0.2) is 0 Å². The maximum absolute atomic E-state index is 12.1. The summed E-state index contributed by atoms with van der Waals surface area (Å²) in [6.07, 6.45) is 1.65. The van der Waals surface area contributed by atoms with Crippen LogP contribution in [0.1, 0.15) is 11.1 Å². The van der Waals surface area contributed by atoms with E-state index in [0.717, 1.165) is 6.07 Å². The lowest BCUT2D eigenvalue weighted by Gasteiger charge is -2.11. The van der Waals surface area contributed by atoms with Gasteiger partial charge in [0.15, 0.2) is 0 Å². The molecule has 0 spiro atoms. The van der Waals surface area contributed by atoms with Gasteiger partial charge in [0.05, 0.1) is 0 Å². The van der Waals surface area contributed by atoms with Crippen molar-refractivity contribution in [1.82, 2.24) is 0 Å². The van der Waals surface area contributed by atoms with Crippen molar-refractivity contribution in [2.45, 2.75) is 18.9 Å². The van der Waals surface area contributed by atoms with Crippen molar-refractivity contribution < 1.29 is 26.4 Å². The zero-order chi connectivity index (χ0) is 14.0. The highest BCUT2D eigenvalue weighted by Crippen LogP contribution is 2.26. The lowest BCUT2D eigenvalue weighted by Crippen LogP contribution is -2.29. The van der Waals surface area contributed by atoms with E-state index in [1.165, 1.54) is 16.9 Å². The first-order valence-electron chi connectivity index (χ1n) is 4.71. The number of rotatable bonds is 4. The average molecular weight is 280 g/mol. The second-order valence-corrected chi connectivity index (χ2v) is 5.19. The highest BCUT2D eigenvalue weighted by Gasteiger charge is 2.46. The standard InChI is InChI=1S/C10H9F3NO3S/c1-7-6-9(3-2-8(7)4-5-15)14-18(16,17)10(11,12)13/h2-3,6,14H,4H2,1H3. The minimum absolute atomic E-state index is 0.00185. The molecule has 0 unspecified atom stereocenters. The number of benzene rings is 1. The van der Waals surface area contributed by atoms with E-state index >= 15 is 0 Å². The van der Waals surface area contributed by atoms with Crippen LogP contribution in [0.5, 0.6) is 0 Å². The van der Waals surface area contributed by atoms with E-state index in [0.29, 0.717) is 11.1 Å². The van der Waals surface area contributed by atoms with E-state index in [2.05, 4.69) is 0 Å². The molecule has 1 N–H and O–H groups in total. The highest BCUT2D eigenvalue weighted by molar-refractivity contribution is 7.93. The summed E-state index contributed by atoms with van der Waals surface area (Å²) in [6, 6.07) is 3.74. The van der Waals surface area contributed by atoms with Crippen LogP contribution < -0.4 is 4.72 Å². The molecule has 4 nitrogen and oxygen atoms in total. The highest BCUT2D eigenvalue weighted by atomic mass is 32.2. The number of alkyl halides is 3. The van der Waals surface area contributed by atoms with Crippen LogP contribution in [0.15, 0.2) is 18.2 Å². The second-order valence-electron chi connectivity index (χ2n) is 3.51. The van der Waals surface area contributed by atoms with Crippen LogP contribution in [0.25, 0.3) is 0 Å². The molecule has 0 saturated carbocycles. The third kappa shape index (κ3) is 3.22. The molecule has 0 aromatic heterocycles. The van der Waals surface area contributed by atoms with Crippen molar-refractivity contribution in [2.24, 2.45) is 0 Å². The lowest BCUT2D eigenvalue weighted by molar-refractivity contribution is -0.0429. The molecule has 0 heterocycles. The predicted octanol–water partition coefficient (Wildman–Crippen LogP) is 1.91. The summed E-state index contributed by atoms with van der Waals surface area (Å²) in [5, 5.41) is 0. The SMILES string of the molecule is Cc1cc(NS(=O)(=O)C(F)(F)F)ccc1C[C]=O. The number of nitrogens with one attached hydrogen (secondary N) is 1. The first-order chi connectivity index (χ1) is 8.17. The zero-order valence-electron chi connectivity index (χ0n) is 9.21. The Morgan fingerprint density at radius 1 is 1.33 bits per heavy atom. The Kier molecular flexibility index (Phi) is 4.00. The molecular weight excluding hydrogens is 271 g/mol. The first-order valence-corrected chi connectivity index (χ1v) is 6.19. The van der Waals surface area contributed by atoms with E-state index < -0.39 is 15.5 Å². The summed E-state index contributed by atoms with van der Waals surface area (Å²) in [6.45, 7) is 1.55. The molecule has 99 valence electrons. The Hall–Kier alpha value is -1.57. The number of anilines is 1. The van der Waals surface area contributed by atoms with Crippen molar-refractivity contribution >= 4 is 22.0 Å². The van der Waals surface area contributed by atoms with Crippen molar-refractivity contribution in [3.05, 3.63) is 29.3 Å². The first kappa shape index (κ1) is 14.5. The van der Waals surface area contributed by atoms with Gasteiger partial charge in [-0.3, -0.25) is 9.52 Å². The van der Waals surface area contributed by atoms with Crippen LogP contribution in [0.2, 0.25) is 0 Å². The number of aryl methyl sites for hydroxylation is 1. The molecule has 8 heteroatoms. The summed E-state index contributed by atoms with van der Waals surface area (Å²) in [4.78, 5) is 10.2. The third-order valence-electron chi connectivity index (χ3n) is 2.16. The van der Waals surface area contributed by atoms with Crippen molar-refractivity contribution in [3.8, 4) is 0 Å². The van der Waals surface area contributed by atoms with E-state index in [9.17, 15) is 26.4 Å². The van der Waals surface area contributed by atoms with E-state index in [1.807, 2.05) is 0 Å². The lowest BCUT2D eigenvalue weighted by atomic mass is 10.1. The number of hydrogen-bond donors (Lipinski definition) is 1. The molecule has 0 bridgehead atoms. The van der Waals surface area contributed by atoms with Gasteiger partial charge in [-0.1, -0.05) is 6.07 Å². The predicted molar refractivity (Wildman–Crippen MR) is 59.2 cm³/mol. The molecule has 0 atom stereocenters. The fourth-order valence-electron chi connectivity index (χ4n) is 1.25. The number of hydrogen-bond acceptors (Lipinski definition) is 3. The molecule has 1 rings (SSSR count). The summed E-state index contributed by atoms with van der Waals surface area (Å²) < 4.78 is 59.5. The Bertz CT molecular complexity index is 552. The summed E-state index contributed by atoms with van der Waals surface area (Å²) in [5.41, 5.74) is -4.50. The third-order valence-corrected chi connectivity index (χ3v) is 3.28. The van der Waals surface area contributed by atoms with Gasteiger partial charge in [0.2, 0.25) is 6.29 Å². The molecule has 0 aliphatic rings. The van der Waals surface area contributed by atoms with Gasteiger partial charge in [0, 0.05) is 12.1 Å². The number of halogens is 3. The van der Waals surface area contributed by atoms with Gasteiger partial charge < -0.3 is 0 Å². The molecular formula is C10H9F3NO3S. The van der Waals surface area contributed by atoms with E-state index in [1.54, 1.807) is 13.2 Å². The van der Waals surface area contributed by atoms with Gasteiger partial charge in [0.25, 0.3) is 0 Å². The summed E-state index contributed by atoms with van der Waals surface area (Å²) in [5.74, 6) is 0. The molecule has 1 radical (unpaired) electrons. The molecule has 1 aromatic carbocycles. The fourth-order valence-corrected chi connectivity index (χ4v) is 1.80. The fraction of sp³-hybridized carbons (Fsp3) is 0.300. The maximum Gasteiger partial charge on any atom is 0.516 e. The smallest absolute Gasteiger partial charge is 0.291 e. The van der Waals surface area contributed by atoms with Crippen molar-refractivity contribution in [2.75, 3.05) is 4.72 Å². The average Bonchev–Trinajstić information content (AvgIpc) is 2.20. The number of carbonyl (C=O) groups excluding carboxylic acids is 1. The number of sulfonamides is 1. The van der Waals surface area contributed by atoms with Gasteiger partial charge in [-0.2, -0.15) is 21.6 Å². The molecule has 0 aliphatic carbocycles. The largest absolute Gasteiger partial charge is 0.516 e. The van der Waals surface area contributed by atoms with Crippen LogP contribution in [0.3, 0.4) is 0 Å². The Labute approximate surface area is 102 Å². The topological polar surface area (TPSA) is 63.2 Å². The molecule has 0 aliphatic heterocycles. The monoisotopic (exact) mass is 280 g/mol. The van der Waals surface area contributed by atoms with E-state index in [-0.39, 0.29) is 12.1 Å². The van der Waals surface area contributed by atoms with Crippen molar-refractivity contribution in [1.29, 1.82) is 0 Å². The minimum atomic E-state index is -5.42. The summed E-state index contributed by atoms with van der Waals surface area (Å²) >= 11 is 0. The zero-order valence-corrected chi connectivity index (χ0v) is 10.0. The van der Waals surface area contributed by atoms with Crippen LogP contribution in [0, 0.1) is 6.92 Å². The second kappa shape index (κ2) is 4.97. The molecule has 1 aromatic rings. The summed E-state index contributed by atoms with van der Waals surface area (Å²) in [7, 11) is -5.42. The normalized spacial score (nSPS) is 12.2. The van der Waals surface area contributed by atoms with E-state index in [4.69, 9.17) is 0 Å². The molecule has 0 fully saturated rings. The van der Waals surface area contributed by atoms with Crippen molar-refractivity contribution in [3.63, 3.8) is 0 Å². The van der Waals surface area contributed by atoms with Crippen LogP contribution in [0.4, 0.5) is 18.9 Å². The van der Waals surface area contributed by atoms with Gasteiger partial charge in [-0.05, 0) is 30.2 Å². The maximum atomic E-state index is 12.1. The molecule has 0 saturated heterocycles. The van der Waals surface area contributed by atoms with Gasteiger partial charge in [0.1, 0.15) is 0 Å². The van der Waals surface area contributed by atoms with Gasteiger partial charge >= 0.3 is 15.5 Å². The Morgan fingerprint density at radius 3 is 2.39 bits per heavy atom. The Balaban J connectivity index is 3.01. The van der Waals surface area contributed by atoms with Crippen LogP contribution >= 0.6 is 0 Å². The van der Waals surface area contributed by atoms with Gasteiger partial charge in [-0.15, -0.1) is 0 Å². The minimum Gasteiger partial charge on any atom is -0.291 e. The quantitative estimate of drug-likeness (QED) is 0.916. The Morgan fingerprint density at radius 2 is 1.94 bits per heavy atom.